The second-order valence-electron chi connectivity index (χ2n) is 10.1. The van der Waals surface area contributed by atoms with Crippen molar-refractivity contribution in [3.05, 3.63) is 64.2 Å². The van der Waals surface area contributed by atoms with Crippen molar-refractivity contribution >= 4 is 11.5 Å². The minimum Gasteiger partial charge on any atom is -0.496 e. The number of carbonyl (C=O) groups excluding carboxylic acids is 1. The number of hydrogen-bond acceptors (Lipinski definition) is 4. The van der Waals surface area contributed by atoms with E-state index >= 15 is 0 Å². The molecular formula is C31H42N2O3. The molecule has 1 saturated heterocycles. The summed E-state index contributed by atoms with van der Waals surface area (Å²) < 4.78 is 11.8. The third-order valence-corrected chi connectivity index (χ3v) is 7.79. The zero-order chi connectivity index (χ0) is 25.7. The van der Waals surface area contributed by atoms with Gasteiger partial charge in [-0.15, -0.1) is 0 Å². The Balaban J connectivity index is 1.36. The van der Waals surface area contributed by atoms with E-state index in [1.165, 1.54) is 27.8 Å². The number of fused-ring (bicyclic) bond motifs is 1. The number of carbonyl (C=O) groups is 1. The summed E-state index contributed by atoms with van der Waals surface area (Å²) in [5.41, 5.74) is 7.95. The standard InChI is InChI=1S/C31H42N2O3/c1-6-9-23-10-11-26(30(16-23)35-5)21-36-28-14-15-29-22(4)25(13-12-24(29)17-28)18-32-19-27(20-32)31(34)33(7-2)8-3/h10-11,14-17,27H,6-9,12-13,18-21H2,1-5H3. The van der Waals surface area contributed by atoms with Crippen molar-refractivity contribution in [2.24, 2.45) is 5.92 Å². The lowest BCUT2D eigenvalue weighted by molar-refractivity contribution is -0.140. The van der Waals surface area contributed by atoms with Gasteiger partial charge >= 0.3 is 0 Å². The van der Waals surface area contributed by atoms with Crippen LogP contribution in [0.5, 0.6) is 11.5 Å². The number of rotatable bonds is 11. The normalized spacial score (nSPS) is 15.9. The Hall–Kier alpha value is -2.79. The lowest BCUT2D eigenvalue weighted by Gasteiger charge is -2.41. The highest BCUT2D eigenvalue weighted by atomic mass is 16.5. The van der Waals surface area contributed by atoms with Crippen molar-refractivity contribution in [1.29, 1.82) is 0 Å². The molecule has 0 aromatic heterocycles. The first-order valence-electron chi connectivity index (χ1n) is 13.6. The van der Waals surface area contributed by atoms with Crippen molar-refractivity contribution in [1.82, 2.24) is 9.80 Å². The minimum atomic E-state index is 0.169. The number of benzene rings is 2. The van der Waals surface area contributed by atoms with Crippen LogP contribution in [0, 0.1) is 5.92 Å². The molecule has 0 atom stereocenters. The fourth-order valence-corrected chi connectivity index (χ4v) is 5.53. The van der Waals surface area contributed by atoms with E-state index in [2.05, 4.69) is 69.0 Å². The Morgan fingerprint density at radius 3 is 2.53 bits per heavy atom. The maximum Gasteiger partial charge on any atom is 0.228 e. The van der Waals surface area contributed by atoms with Gasteiger partial charge in [-0.05, 0) is 80.5 Å². The summed E-state index contributed by atoms with van der Waals surface area (Å²) in [5, 5.41) is 0. The van der Waals surface area contributed by atoms with E-state index in [9.17, 15) is 4.79 Å². The molecule has 1 aliphatic heterocycles. The number of ether oxygens (including phenoxy) is 2. The van der Waals surface area contributed by atoms with E-state index < -0.39 is 0 Å². The first-order valence-corrected chi connectivity index (χ1v) is 13.6. The Morgan fingerprint density at radius 1 is 1.06 bits per heavy atom. The first-order chi connectivity index (χ1) is 17.5. The number of likely N-dealkylation sites (tertiary alicyclic amines) is 1. The molecule has 36 heavy (non-hydrogen) atoms. The molecule has 5 heteroatoms. The maximum absolute atomic E-state index is 12.6. The second-order valence-corrected chi connectivity index (χ2v) is 10.1. The maximum atomic E-state index is 12.6. The van der Waals surface area contributed by atoms with Gasteiger partial charge in [0.15, 0.2) is 0 Å². The molecule has 0 bridgehead atoms. The van der Waals surface area contributed by atoms with Crippen LogP contribution in [0.25, 0.3) is 5.57 Å². The molecule has 0 radical (unpaired) electrons. The van der Waals surface area contributed by atoms with E-state index in [1.54, 1.807) is 7.11 Å². The topological polar surface area (TPSA) is 42.0 Å². The molecule has 1 fully saturated rings. The van der Waals surface area contributed by atoms with Crippen LogP contribution in [0.4, 0.5) is 0 Å². The van der Waals surface area contributed by atoms with Crippen LogP contribution in [-0.4, -0.2) is 55.5 Å². The van der Waals surface area contributed by atoms with Crippen LogP contribution in [0.1, 0.15) is 62.8 Å². The molecule has 4 rings (SSSR count). The molecule has 0 unspecified atom stereocenters. The summed E-state index contributed by atoms with van der Waals surface area (Å²) in [4.78, 5) is 17.0. The summed E-state index contributed by atoms with van der Waals surface area (Å²) in [6.07, 6.45) is 4.28. The zero-order valence-electron chi connectivity index (χ0n) is 22.7. The molecule has 1 aliphatic carbocycles. The average molecular weight is 491 g/mol. The van der Waals surface area contributed by atoms with Gasteiger partial charge in [0.05, 0.1) is 13.0 Å². The van der Waals surface area contributed by atoms with Crippen molar-refractivity contribution < 1.29 is 14.3 Å². The molecular weight excluding hydrogens is 448 g/mol. The van der Waals surface area contributed by atoms with Gasteiger partial charge in [0.2, 0.25) is 5.91 Å². The van der Waals surface area contributed by atoms with Gasteiger partial charge in [-0.3, -0.25) is 9.69 Å². The minimum absolute atomic E-state index is 0.169. The highest BCUT2D eigenvalue weighted by molar-refractivity contribution is 5.80. The Bertz CT molecular complexity index is 1100. The number of aryl methyl sites for hydroxylation is 2. The van der Waals surface area contributed by atoms with Crippen LogP contribution in [0.2, 0.25) is 0 Å². The summed E-state index contributed by atoms with van der Waals surface area (Å²) in [7, 11) is 1.73. The largest absolute Gasteiger partial charge is 0.496 e. The molecule has 2 aliphatic rings. The number of hydrogen-bond donors (Lipinski definition) is 0. The van der Waals surface area contributed by atoms with E-state index in [-0.39, 0.29) is 5.92 Å². The lowest BCUT2D eigenvalue weighted by atomic mass is 9.85. The van der Waals surface area contributed by atoms with Gasteiger partial charge in [0.1, 0.15) is 18.1 Å². The lowest BCUT2D eigenvalue weighted by Crippen LogP contribution is -2.54. The van der Waals surface area contributed by atoms with Crippen molar-refractivity contribution in [2.75, 3.05) is 39.8 Å². The van der Waals surface area contributed by atoms with E-state index in [1.807, 2.05) is 4.90 Å². The monoisotopic (exact) mass is 490 g/mol. The van der Waals surface area contributed by atoms with E-state index in [0.29, 0.717) is 12.5 Å². The molecule has 1 amide bonds. The highest BCUT2D eigenvalue weighted by Gasteiger charge is 2.35. The molecule has 5 nitrogen and oxygen atoms in total. The fourth-order valence-electron chi connectivity index (χ4n) is 5.53. The molecule has 2 aromatic rings. The Labute approximate surface area is 217 Å². The summed E-state index contributed by atoms with van der Waals surface area (Å²) in [5.74, 6) is 2.29. The van der Waals surface area contributed by atoms with Gasteiger partial charge in [0.25, 0.3) is 0 Å². The number of allylic oxidation sites excluding steroid dienone is 1. The molecule has 0 N–H and O–H groups in total. The predicted octanol–water partition coefficient (Wildman–Crippen LogP) is 5.75. The number of methoxy groups -OCH3 is 1. The zero-order valence-corrected chi connectivity index (χ0v) is 22.7. The summed E-state index contributed by atoms with van der Waals surface area (Å²) in [6.45, 7) is 13.4. The molecule has 2 aromatic carbocycles. The molecule has 0 spiro atoms. The smallest absolute Gasteiger partial charge is 0.228 e. The molecule has 0 saturated carbocycles. The van der Waals surface area contributed by atoms with Crippen LogP contribution < -0.4 is 9.47 Å². The quantitative estimate of drug-likeness (QED) is 0.402. The van der Waals surface area contributed by atoms with Gasteiger partial charge in [0, 0.05) is 38.3 Å². The van der Waals surface area contributed by atoms with Crippen LogP contribution in [-0.2, 0) is 24.2 Å². The van der Waals surface area contributed by atoms with Crippen LogP contribution in [0.3, 0.4) is 0 Å². The highest BCUT2D eigenvalue weighted by Crippen LogP contribution is 2.35. The summed E-state index contributed by atoms with van der Waals surface area (Å²) in [6, 6.07) is 12.9. The third-order valence-electron chi connectivity index (χ3n) is 7.79. The van der Waals surface area contributed by atoms with Gasteiger partial charge in [-0.1, -0.05) is 37.1 Å². The SMILES string of the molecule is CCCc1ccc(COc2ccc3c(c2)CCC(CN2CC(C(=O)N(CC)CC)C2)=C3C)c(OC)c1. The third kappa shape index (κ3) is 5.78. The molecule has 194 valence electrons. The van der Waals surface area contributed by atoms with E-state index in [0.717, 1.165) is 75.5 Å². The summed E-state index contributed by atoms with van der Waals surface area (Å²) >= 11 is 0. The number of nitrogens with zero attached hydrogens (tertiary/aromatic N) is 2. The van der Waals surface area contributed by atoms with E-state index in [4.69, 9.17) is 9.47 Å². The second kappa shape index (κ2) is 12.0. The van der Waals surface area contributed by atoms with Gasteiger partial charge in [-0.25, -0.2) is 0 Å². The van der Waals surface area contributed by atoms with Crippen molar-refractivity contribution in [2.45, 2.75) is 60.0 Å². The fraction of sp³-hybridized carbons (Fsp3) is 0.516. The van der Waals surface area contributed by atoms with Crippen molar-refractivity contribution in [3.8, 4) is 11.5 Å². The first kappa shape index (κ1) is 26.3. The van der Waals surface area contributed by atoms with Gasteiger partial charge in [-0.2, -0.15) is 0 Å². The predicted molar refractivity (Wildman–Crippen MR) is 147 cm³/mol. The van der Waals surface area contributed by atoms with Crippen LogP contribution >= 0.6 is 0 Å². The Morgan fingerprint density at radius 2 is 1.83 bits per heavy atom. The number of amides is 1. The van der Waals surface area contributed by atoms with Crippen molar-refractivity contribution in [3.63, 3.8) is 0 Å². The Kier molecular flexibility index (Phi) is 8.73. The van der Waals surface area contributed by atoms with Crippen LogP contribution in [0.15, 0.2) is 42.0 Å². The average Bonchev–Trinajstić information content (AvgIpc) is 2.87. The molecule has 1 heterocycles. The van der Waals surface area contributed by atoms with Gasteiger partial charge < -0.3 is 14.4 Å².